The van der Waals surface area contributed by atoms with E-state index in [2.05, 4.69) is 34.4 Å². The molecule has 0 aliphatic heterocycles. The second kappa shape index (κ2) is 6.07. The third kappa shape index (κ3) is 3.77. The van der Waals surface area contributed by atoms with Crippen LogP contribution in [0.1, 0.15) is 39.4 Å². The van der Waals surface area contributed by atoms with Crippen LogP contribution in [-0.4, -0.2) is 22.6 Å². The average molecular weight is 302 g/mol. The zero-order valence-corrected chi connectivity index (χ0v) is 12.5. The van der Waals surface area contributed by atoms with Crippen LogP contribution in [0.2, 0.25) is 0 Å². The number of nitrogens with zero attached hydrogens (tertiary/aromatic N) is 2. The van der Waals surface area contributed by atoms with Gasteiger partial charge in [0, 0.05) is 18.7 Å². The van der Waals surface area contributed by atoms with E-state index in [1.807, 2.05) is 6.92 Å². The normalized spacial score (nSPS) is 25.9. The lowest BCUT2D eigenvalue weighted by atomic mass is 9.98. The highest BCUT2D eigenvalue weighted by Crippen LogP contribution is 2.34. The number of hydrogen-bond acceptors (Lipinski definition) is 4. The summed E-state index contributed by atoms with van der Waals surface area (Å²) in [4.78, 5) is 7.14. The molecule has 2 rings (SSSR count). The van der Waals surface area contributed by atoms with Crippen LogP contribution < -0.4 is 10.6 Å². The molecule has 3 unspecified atom stereocenters. The maximum atomic E-state index is 12.9. The second-order valence-electron chi connectivity index (χ2n) is 5.65. The molecule has 1 aromatic rings. The van der Waals surface area contributed by atoms with Crippen LogP contribution in [-0.2, 0) is 6.18 Å². The number of aromatic nitrogens is 2. The molecular weight excluding hydrogens is 281 g/mol. The van der Waals surface area contributed by atoms with Gasteiger partial charge in [-0.15, -0.1) is 0 Å². The first-order chi connectivity index (χ1) is 9.81. The molecule has 0 radical (unpaired) electrons. The van der Waals surface area contributed by atoms with Gasteiger partial charge in [-0.1, -0.05) is 13.8 Å². The van der Waals surface area contributed by atoms with Crippen molar-refractivity contribution in [2.24, 2.45) is 11.8 Å². The van der Waals surface area contributed by atoms with Crippen molar-refractivity contribution >= 4 is 11.6 Å². The molecule has 1 aromatic heterocycles. The Morgan fingerprint density at radius 1 is 1.19 bits per heavy atom. The van der Waals surface area contributed by atoms with E-state index in [1.54, 1.807) is 0 Å². The average Bonchev–Trinajstić information content (AvgIpc) is 2.70. The molecule has 0 spiro atoms. The minimum absolute atomic E-state index is 0.158. The summed E-state index contributed by atoms with van der Waals surface area (Å²) in [6.45, 7) is 6.59. The summed E-state index contributed by atoms with van der Waals surface area (Å²) >= 11 is 0. The molecule has 0 amide bonds. The Balaban J connectivity index is 2.24. The van der Waals surface area contributed by atoms with Gasteiger partial charge in [-0.2, -0.15) is 13.2 Å². The number of nitrogens with one attached hydrogen (secondary N) is 2. The zero-order valence-electron chi connectivity index (χ0n) is 12.5. The Morgan fingerprint density at radius 2 is 1.86 bits per heavy atom. The first-order valence-corrected chi connectivity index (χ1v) is 7.28. The van der Waals surface area contributed by atoms with Gasteiger partial charge in [0.05, 0.1) is 0 Å². The monoisotopic (exact) mass is 302 g/mol. The highest BCUT2D eigenvalue weighted by Gasteiger charge is 2.36. The summed E-state index contributed by atoms with van der Waals surface area (Å²) in [7, 11) is 0. The lowest BCUT2D eigenvalue weighted by molar-refractivity contribution is -0.144. The number of hydrogen-bond donors (Lipinski definition) is 2. The summed E-state index contributed by atoms with van der Waals surface area (Å²) in [5.41, 5.74) is 0. The highest BCUT2D eigenvalue weighted by molar-refractivity contribution is 5.48. The Morgan fingerprint density at radius 3 is 2.38 bits per heavy atom. The molecule has 0 saturated heterocycles. The van der Waals surface area contributed by atoms with E-state index in [0.717, 1.165) is 12.8 Å². The molecule has 0 bridgehead atoms. The maximum Gasteiger partial charge on any atom is 0.451 e. The lowest BCUT2D eigenvalue weighted by Gasteiger charge is -2.21. The van der Waals surface area contributed by atoms with Gasteiger partial charge in [-0.3, -0.25) is 0 Å². The van der Waals surface area contributed by atoms with Gasteiger partial charge in [0.15, 0.2) is 0 Å². The first kappa shape index (κ1) is 15.9. The Kier molecular flexibility index (Phi) is 4.58. The molecule has 4 nitrogen and oxygen atoms in total. The van der Waals surface area contributed by atoms with E-state index >= 15 is 0 Å². The fourth-order valence-electron chi connectivity index (χ4n) is 2.68. The number of anilines is 2. The fourth-order valence-corrected chi connectivity index (χ4v) is 2.68. The molecule has 1 heterocycles. The van der Waals surface area contributed by atoms with Crippen molar-refractivity contribution in [2.75, 3.05) is 17.2 Å². The van der Waals surface area contributed by atoms with E-state index in [4.69, 9.17) is 0 Å². The summed E-state index contributed by atoms with van der Waals surface area (Å²) in [5.74, 6) is 0.305. The van der Waals surface area contributed by atoms with Crippen molar-refractivity contribution < 1.29 is 13.2 Å². The smallest absolute Gasteiger partial charge is 0.370 e. The molecule has 0 aromatic carbocycles. The van der Waals surface area contributed by atoms with E-state index in [0.29, 0.717) is 18.4 Å². The number of halogens is 3. The van der Waals surface area contributed by atoms with Crippen LogP contribution in [0.5, 0.6) is 0 Å². The molecule has 21 heavy (non-hydrogen) atoms. The Labute approximate surface area is 122 Å². The molecule has 1 aliphatic rings. The number of rotatable bonds is 4. The van der Waals surface area contributed by atoms with Gasteiger partial charge < -0.3 is 10.6 Å². The summed E-state index contributed by atoms with van der Waals surface area (Å²) in [6.07, 6.45) is -2.52. The van der Waals surface area contributed by atoms with Crippen LogP contribution in [0.4, 0.5) is 24.8 Å². The molecule has 118 valence electrons. The molecule has 1 fully saturated rings. The predicted octanol–water partition coefficient (Wildman–Crippen LogP) is 3.77. The topological polar surface area (TPSA) is 49.8 Å². The van der Waals surface area contributed by atoms with E-state index in [-0.39, 0.29) is 17.7 Å². The van der Waals surface area contributed by atoms with Gasteiger partial charge >= 0.3 is 6.18 Å². The van der Waals surface area contributed by atoms with Crippen molar-refractivity contribution in [3.8, 4) is 0 Å². The number of alkyl halides is 3. The summed E-state index contributed by atoms with van der Waals surface area (Å²) in [5, 5.41) is 5.96. The highest BCUT2D eigenvalue weighted by atomic mass is 19.4. The lowest BCUT2D eigenvalue weighted by Crippen LogP contribution is -2.25. The molecule has 7 heteroatoms. The molecule has 1 aliphatic carbocycles. The molecule has 1 saturated carbocycles. The van der Waals surface area contributed by atoms with E-state index in [9.17, 15) is 13.2 Å². The van der Waals surface area contributed by atoms with Gasteiger partial charge in [0.2, 0.25) is 5.82 Å². The molecular formula is C14H21F3N4. The van der Waals surface area contributed by atoms with E-state index in [1.165, 1.54) is 6.07 Å². The van der Waals surface area contributed by atoms with Crippen molar-refractivity contribution in [2.45, 2.75) is 45.8 Å². The van der Waals surface area contributed by atoms with Crippen molar-refractivity contribution in [1.29, 1.82) is 0 Å². The van der Waals surface area contributed by atoms with Gasteiger partial charge in [0.1, 0.15) is 11.6 Å². The molecule has 2 N–H and O–H groups in total. The SMILES string of the molecule is CCNc1cc(NC2CCC(C)C2C)nc(C(F)(F)F)n1. The van der Waals surface area contributed by atoms with Crippen molar-refractivity contribution in [1.82, 2.24) is 9.97 Å². The third-order valence-electron chi connectivity index (χ3n) is 4.14. The second-order valence-corrected chi connectivity index (χ2v) is 5.65. The van der Waals surface area contributed by atoms with Crippen LogP contribution in [0.25, 0.3) is 0 Å². The van der Waals surface area contributed by atoms with Gasteiger partial charge in [0.25, 0.3) is 0 Å². The standard InChI is InChI=1S/C14H21F3N4/c1-4-18-11-7-12(21-13(20-11)14(15,16)17)19-10-6-5-8(2)9(10)3/h7-10H,4-6H2,1-3H3,(H2,18,19,20,21). The maximum absolute atomic E-state index is 12.9. The van der Waals surface area contributed by atoms with Crippen LogP contribution in [0, 0.1) is 11.8 Å². The van der Waals surface area contributed by atoms with Crippen LogP contribution in [0.3, 0.4) is 0 Å². The fraction of sp³-hybridized carbons (Fsp3) is 0.714. The third-order valence-corrected chi connectivity index (χ3v) is 4.14. The van der Waals surface area contributed by atoms with Crippen LogP contribution in [0.15, 0.2) is 6.07 Å². The minimum Gasteiger partial charge on any atom is -0.370 e. The largest absolute Gasteiger partial charge is 0.451 e. The first-order valence-electron chi connectivity index (χ1n) is 7.28. The van der Waals surface area contributed by atoms with Gasteiger partial charge in [-0.25, -0.2) is 9.97 Å². The molecule has 3 atom stereocenters. The summed E-state index contributed by atoms with van der Waals surface area (Å²) < 4.78 is 38.6. The zero-order chi connectivity index (χ0) is 15.6. The quantitative estimate of drug-likeness (QED) is 0.889. The van der Waals surface area contributed by atoms with Gasteiger partial charge in [-0.05, 0) is 31.6 Å². The van der Waals surface area contributed by atoms with Crippen LogP contribution >= 0.6 is 0 Å². The van der Waals surface area contributed by atoms with E-state index < -0.39 is 12.0 Å². The Hall–Kier alpha value is -1.53. The van der Waals surface area contributed by atoms with Crippen molar-refractivity contribution in [3.63, 3.8) is 0 Å². The summed E-state index contributed by atoms with van der Waals surface area (Å²) in [6, 6.07) is 1.69. The Bertz CT molecular complexity index is 490. The predicted molar refractivity (Wildman–Crippen MR) is 76.2 cm³/mol. The minimum atomic E-state index is -4.55. The van der Waals surface area contributed by atoms with Crippen molar-refractivity contribution in [3.05, 3.63) is 11.9 Å².